The van der Waals surface area contributed by atoms with Crippen LogP contribution in [-0.4, -0.2) is 15.7 Å². The Hall–Kier alpha value is -2.95. The van der Waals surface area contributed by atoms with Gasteiger partial charge < -0.3 is 5.32 Å². The van der Waals surface area contributed by atoms with Crippen LogP contribution in [0.5, 0.6) is 0 Å². The molecule has 5 heteroatoms. The lowest BCUT2D eigenvalue weighted by Gasteiger charge is -2.05. The molecule has 23 heavy (non-hydrogen) atoms. The summed E-state index contributed by atoms with van der Waals surface area (Å²) in [5, 5.41) is 7.10. The molecular formula is C18H16FN3O. The molecule has 0 aliphatic rings. The number of nitrogens with zero attached hydrogens (tertiary/aromatic N) is 2. The van der Waals surface area contributed by atoms with E-state index in [4.69, 9.17) is 0 Å². The van der Waals surface area contributed by atoms with E-state index in [1.54, 1.807) is 35.1 Å². The van der Waals surface area contributed by atoms with Crippen molar-refractivity contribution in [3.05, 3.63) is 83.3 Å². The molecule has 0 fully saturated rings. The highest BCUT2D eigenvalue weighted by Crippen LogP contribution is 2.12. The maximum absolute atomic E-state index is 12.9. The molecule has 0 spiro atoms. The topological polar surface area (TPSA) is 46.9 Å². The maximum Gasteiger partial charge on any atom is 0.257 e. The van der Waals surface area contributed by atoms with Crippen LogP contribution in [0.2, 0.25) is 0 Å². The standard InChI is InChI=1S/C18H16FN3O/c1-13-4-2-3-5-16(13)18(23)20-17-10-11-22(21-17)12-14-6-8-15(19)9-7-14/h2-11H,12H2,1H3,(H,20,21,23). The van der Waals surface area contributed by atoms with Crippen molar-refractivity contribution in [3.8, 4) is 0 Å². The summed E-state index contributed by atoms with van der Waals surface area (Å²) >= 11 is 0. The summed E-state index contributed by atoms with van der Waals surface area (Å²) in [7, 11) is 0. The smallest absolute Gasteiger partial charge is 0.257 e. The van der Waals surface area contributed by atoms with Gasteiger partial charge in [0.2, 0.25) is 0 Å². The number of benzene rings is 2. The van der Waals surface area contributed by atoms with Crippen LogP contribution in [0, 0.1) is 12.7 Å². The SMILES string of the molecule is Cc1ccccc1C(=O)Nc1ccn(Cc2ccc(F)cc2)n1. The molecule has 0 atom stereocenters. The van der Waals surface area contributed by atoms with Crippen LogP contribution < -0.4 is 5.32 Å². The number of aromatic nitrogens is 2. The molecule has 0 saturated carbocycles. The highest BCUT2D eigenvalue weighted by Gasteiger charge is 2.10. The Morgan fingerprint density at radius 2 is 1.87 bits per heavy atom. The Morgan fingerprint density at radius 3 is 2.61 bits per heavy atom. The van der Waals surface area contributed by atoms with Crippen molar-refractivity contribution in [2.75, 3.05) is 5.32 Å². The monoisotopic (exact) mass is 309 g/mol. The first-order valence-electron chi connectivity index (χ1n) is 7.27. The van der Waals surface area contributed by atoms with Crippen molar-refractivity contribution < 1.29 is 9.18 Å². The molecule has 0 unspecified atom stereocenters. The summed E-state index contributed by atoms with van der Waals surface area (Å²) in [5.74, 6) is 0.0379. The number of amides is 1. The molecule has 2 aromatic carbocycles. The minimum absolute atomic E-state index is 0.185. The second-order valence-corrected chi connectivity index (χ2v) is 5.29. The van der Waals surface area contributed by atoms with Gasteiger partial charge in [-0.25, -0.2) is 4.39 Å². The molecule has 0 aliphatic heterocycles. The Labute approximate surface area is 133 Å². The largest absolute Gasteiger partial charge is 0.305 e. The van der Waals surface area contributed by atoms with E-state index in [0.717, 1.165) is 11.1 Å². The third kappa shape index (κ3) is 3.63. The van der Waals surface area contributed by atoms with Gasteiger partial charge in [0.15, 0.2) is 5.82 Å². The first kappa shape index (κ1) is 15.0. The summed E-state index contributed by atoms with van der Waals surface area (Å²) in [4.78, 5) is 12.2. The molecule has 0 bridgehead atoms. The zero-order valence-electron chi connectivity index (χ0n) is 12.7. The van der Waals surface area contributed by atoms with Crippen molar-refractivity contribution in [1.82, 2.24) is 9.78 Å². The van der Waals surface area contributed by atoms with Crippen molar-refractivity contribution in [2.45, 2.75) is 13.5 Å². The van der Waals surface area contributed by atoms with Crippen molar-refractivity contribution in [3.63, 3.8) is 0 Å². The average molecular weight is 309 g/mol. The van der Waals surface area contributed by atoms with Gasteiger partial charge in [0.05, 0.1) is 6.54 Å². The van der Waals surface area contributed by atoms with Crippen molar-refractivity contribution >= 4 is 11.7 Å². The minimum atomic E-state index is -0.264. The lowest BCUT2D eigenvalue weighted by Crippen LogP contribution is -2.14. The van der Waals surface area contributed by atoms with E-state index in [9.17, 15) is 9.18 Å². The number of halogens is 1. The Bertz CT molecular complexity index is 824. The van der Waals surface area contributed by atoms with Gasteiger partial charge in [0.1, 0.15) is 5.82 Å². The number of nitrogens with one attached hydrogen (secondary N) is 1. The molecule has 1 N–H and O–H groups in total. The molecule has 3 rings (SSSR count). The second kappa shape index (κ2) is 6.44. The molecule has 0 saturated heterocycles. The molecule has 1 amide bonds. The third-order valence-electron chi connectivity index (χ3n) is 3.53. The first-order valence-corrected chi connectivity index (χ1v) is 7.27. The number of hydrogen-bond donors (Lipinski definition) is 1. The molecule has 0 radical (unpaired) electrons. The molecule has 116 valence electrons. The van der Waals surface area contributed by atoms with E-state index in [2.05, 4.69) is 10.4 Å². The van der Waals surface area contributed by atoms with Crippen LogP contribution in [-0.2, 0) is 6.54 Å². The lowest BCUT2D eigenvalue weighted by atomic mass is 10.1. The fourth-order valence-electron chi connectivity index (χ4n) is 2.30. The van der Waals surface area contributed by atoms with Crippen LogP contribution in [0.4, 0.5) is 10.2 Å². The summed E-state index contributed by atoms with van der Waals surface area (Å²) < 4.78 is 14.6. The molecule has 1 heterocycles. The van der Waals surface area contributed by atoms with E-state index < -0.39 is 0 Å². The van der Waals surface area contributed by atoms with Gasteiger partial charge in [-0.15, -0.1) is 0 Å². The van der Waals surface area contributed by atoms with Crippen molar-refractivity contribution in [2.24, 2.45) is 0 Å². The normalized spacial score (nSPS) is 10.5. The maximum atomic E-state index is 12.9. The molecule has 3 aromatic rings. The Balaban J connectivity index is 1.69. The van der Waals surface area contributed by atoms with Gasteiger partial charge in [-0.05, 0) is 36.2 Å². The van der Waals surface area contributed by atoms with Gasteiger partial charge in [0.25, 0.3) is 5.91 Å². The minimum Gasteiger partial charge on any atom is -0.305 e. The van der Waals surface area contributed by atoms with Gasteiger partial charge in [-0.1, -0.05) is 30.3 Å². The first-order chi connectivity index (χ1) is 11.1. The van der Waals surface area contributed by atoms with E-state index in [0.29, 0.717) is 17.9 Å². The molecular weight excluding hydrogens is 293 g/mol. The highest BCUT2D eigenvalue weighted by atomic mass is 19.1. The van der Waals surface area contributed by atoms with Gasteiger partial charge in [0, 0.05) is 17.8 Å². The highest BCUT2D eigenvalue weighted by molar-refractivity contribution is 6.04. The number of carbonyl (C=O) groups is 1. The number of hydrogen-bond acceptors (Lipinski definition) is 2. The Kier molecular flexibility index (Phi) is 4.19. The van der Waals surface area contributed by atoms with E-state index in [1.807, 2.05) is 25.1 Å². The molecule has 1 aromatic heterocycles. The van der Waals surface area contributed by atoms with Crippen LogP contribution >= 0.6 is 0 Å². The fourth-order valence-corrected chi connectivity index (χ4v) is 2.30. The number of aryl methyl sites for hydroxylation is 1. The fraction of sp³-hybridized carbons (Fsp3) is 0.111. The van der Waals surface area contributed by atoms with E-state index in [-0.39, 0.29) is 11.7 Å². The zero-order valence-corrected chi connectivity index (χ0v) is 12.7. The Morgan fingerprint density at radius 1 is 1.13 bits per heavy atom. The quantitative estimate of drug-likeness (QED) is 0.800. The third-order valence-corrected chi connectivity index (χ3v) is 3.53. The van der Waals surface area contributed by atoms with Crippen LogP contribution in [0.15, 0.2) is 60.8 Å². The average Bonchev–Trinajstić information content (AvgIpc) is 2.97. The molecule has 0 aliphatic carbocycles. The van der Waals surface area contributed by atoms with Gasteiger partial charge in [-0.2, -0.15) is 5.10 Å². The summed E-state index contributed by atoms with van der Waals surface area (Å²) in [5.41, 5.74) is 2.47. The van der Waals surface area contributed by atoms with Crippen LogP contribution in [0.25, 0.3) is 0 Å². The summed E-state index contributed by atoms with van der Waals surface area (Å²) in [6.45, 7) is 2.41. The summed E-state index contributed by atoms with van der Waals surface area (Å²) in [6.07, 6.45) is 1.77. The lowest BCUT2D eigenvalue weighted by molar-refractivity contribution is 0.102. The van der Waals surface area contributed by atoms with Crippen LogP contribution in [0.1, 0.15) is 21.5 Å². The number of rotatable bonds is 4. The predicted molar refractivity (Wildman–Crippen MR) is 86.9 cm³/mol. The van der Waals surface area contributed by atoms with E-state index >= 15 is 0 Å². The zero-order chi connectivity index (χ0) is 16.2. The van der Waals surface area contributed by atoms with E-state index in [1.165, 1.54) is 12.1 Å². The number of anilines is 1. The number of carbonyl (C=O) groups excluding carboxylic acids is 1. The van der Waals surface area contributed by atoms with Crippen LogP contribution in [0.3, 0.4) is 0 Å². The van der Waals surface area contributed by atoms with Gasteiger partial charge in [-0.3, -0.25) is 9.48 Å². The van der Waals surface area contributed by atoms with Crippen molar-refractivity contribution in [1.29, 1.82) is 0 Å². The molecule has 4 nitrogen and oxygen atoms in total. The summed E-state index contributed by atoms with van der Waals surface area (Å²) in [6, 6.07) is 15.4. The predicted octanol–water partition coefficient (Wildman–Crippen LogP) is 3.63. The van der Waals surface area contributed by atoms with Gasteiger partial charge >= 0.3 is 0 Å². The second-order valence-electron chi connectivity index (χ2n) is 5.29.